The third-order valence-corrected chi connectivity index (χ3v) is 9.28. The molecule has 0 radical (unpaired) electrons. The minimum absolute atomic E-state index is 0.362. The molecule has 2 aliphatic heterocycles. The van der Waals surface area contributed by atoms with Crippen molar-refractivity contribution in [2.24, 2.45) is 17.3 Å². The van der Waals surface area contributed by atoms with Crippen LogP contribution in [0.15, 0.2) is 48.8 Å². The van der Waals surface area contributed by atoms with Crippen LogP contribution < -0.4 is 10.6 Å². The molecule has 9 rings (SSSR count). The quantitative estimate of drug-likeness (QED) is 0.347. The molecule has 0 amide bonds. The van der Waals surface area contributed by atoms with Crippen LogP contribution in [0.2, 0.25) is 0 Å². The second-order valence-electron chi connectivity index (χ2n) is 11.4. The second kappa shape index (κ2) is 6.42. The molecule has 172 valence electrons. The van der Waals surface area contributed by atoms with E-state index in [1.807, 2.05) is 12.4 Å². The van der Waals surface area contributed by atoms with Gasteiger partial charge in [0.25, 0.3) is 0 Å². The summed E-state index contributed by atoms with van der Waals surface area (Å²) in [5.74, 6) is 10.5. The SMILES string of the molecule is C(#Cc1cnc([C@@H]2C[C@H]3C[C@H]3N2)[nH]1)c1ccc2cc(-c3cnc([C@@H]4C[C@]56CC5[C@H]6N4)[nH]3)ccc2c1. The average molecular weight is 459 g/mol. The van der Waals surface area contributed by atoms with Crippen LogP contribution in [0, 0.1) is 29.1 Å². The number of rotatable bonds is 3. The van der Waals surface area contributed by atoms with Gasteiger partial charge < -0.3 is 20.6 Å². The zero-order valence-electron chi connectivity index (χ0n) is 19.3. The Morgan fingerprint density at radius 3 is 2.57 bits per heavy atom. The lowest BCUT2D eigenvalue weighted by Crippen LogP contribution is -2.21. The van der Waals surface area contributed by atoms with E-state index in [0.29, 0.717) is 23.5 Å². The van der Waals surface area contributed by atoms with Gasteiger partial charge in [-0.1, -0.05) is 24.1 Å². The van der Waals surface area contributed by atoms with Crippen molar-refractivity contribution in [2.75, 3.05) is 0 Å². The van der Waals surface area contributed by atoms with Gasteiger partial charge in [-0.2, -0.15) is 0 Å². The van der Waals surface area contributed by atoms with Crippen LogP contribution >= 0.6 is 0 Å². The Bertz CT molecular complexity index is 1580. The molecular weight excluding hydrogens is 432 g/mol. The van der Waals surface area contributed by atoms with Crippen LogP contribution in [0.4, 0.5) is 0 Å². The van der Waals surface area contributed by atoms with Crippen LogP contribution in [-0.4, -0.2) is 32.0 Å². The van der Waals surface area contributed by atoms with E-state index < -0.39 is 0 Å². The number of H-pyrrole nitrogens is 2. The van der Waals surface area contributed by atoms with Crippen LogP contribution in [0.25, 0.3) is 22.0 Å². The van der Waals surface area contributed by atoms with Crippen molar-refractivity contribution < 1.29 is 0 Å². The number of hydrogen-bond acceptors (Lipinski definition) is 4. The maximum Gasteiger partial charge on any atom is 0.124 e. The normalized spacial score (nSPS) is 35.2. The number of piperidine rings is 2. The third kappa shape index (κ3) is 2.86. The van der Waals surface area contributed by atoms with E-state index in [1.54, 1.807) is 0 Å². The Balaban J connectivity index is 0.935. The topological polar surface area (TPSA) is 81.4 Å². The monoisotopic (exact) mass is 458 g/mol. The molecule has 5 aliphatic rings. The maximum absolute atomic E-state index is 4.71. The Morgan fingerprint density at radius 2 is 1.71 bits per heavy atom. The molecule has 4 heterocycles. The number of aromatic nitrogens is 4. The molecule has 1 spiro atoms. The average Bonchev–Trinajstić information content (AvgIpc) is 3.64. The minimum Gasteiger partial charge on any atom is -0.341 e. The predicted octanol–water partition coefficient (Wildman–Crippen LogP) is 4.20. The molecule has 35 heavy (non-hydrogen) atoms. The Hall–Kier alpha value is -3.40. The van der Waals surface area contributed by atoms with Gasteiger partial charge in [0.15, 0.2) is 0 Å². The number of aromatic amines is 2. The fraction of sp³-hybridized carbons (Fsp3) is 0.379. The minimum atomic E-state index is 0.362. The van der Waals surface area contributed by atoms with Crippen LogP contribution in [-0.2, 0) is 0 Å². The standard InChI is InChI=1S/C29H26N6/c1-3-17-8-18(25-14-31-28(35-25)24-12-29-11-21(29)26(29)34-24)5-4-16(17)7-15(1)2-6-20-13-30-27(32-20)23-10-19-9-22(19)33-23/h1,3-5,7-8,13-14,19,21-24,26,33-34H,9-12H2,(H,30,32)(H,31,35)/t19-,21?,22-,23+,24+,26-,29-/m1/s1. The molecule has 6 heteroatoms. The molecule has 3 saturated carbocycles. The summed E-state index contributed by atoms with van der Waals surface area (Å²) >= 11 is 0. The molecule has 6 nitrogen and oxygen atoms in total. The molecule has 1 unspecified atom stereocenters. The lowest BCUT2D eigenvalue weighted by molar-refractivity contribution is 0.537. The molecule has 7 atom stereocenters. The molecule has 2 aromatic heterocycles. The number of hydrogen-bond donors (Lipinski definition) is 4. The van der Waals surface area contributed by atoms with Gasteiger partial charge in [0.1, 0.15) is 17.3 Å². The van der Waals surface area contributed by atoms with Crippen molar-refractivity contribution >= 4 is 10.8 Å². The number of benzene rings is 2. The van der Waals surface area contributed by atoms with E-state index in [4.69, 9.17) is 4.98 Å². The molecule has 5 fully saturated rings. The summed E-state index contributed by atoms with van der Waals surface area (Å²) < 4.78 is 0. The first-order valence-corrected chi connectivity index (χ1v) is 12.9. The van der Waals surface area contributed by atoms with E-state index in [0.717, 1.165) is 46.5 Å². The lowest BCUT2D eigenvalue weighted by Gasteiger charge is -2.09. The van der Waals surface area contributed by atoms with Gasteiger partial charge in [-0.05, 0) is 77.8 Å². The highest BCUT2D eigenvalue weighted by Gasteiger charge is 2.81. The predicted molar refractivity (Wildman–Crippen MR) is 133 cm³/mol. The Kier molecular flexibility index (Phi) is 3.46. The summed E-state index contributed by atoms with van der Waals surface area (Å²) in [6.07, 6.45) is 9.02. The summed E-state index contributed by atoms with van der Waals surface area (Å²) in [7, 11) is 0. The summed E-state index contributed by atoms with van der Waals surface area (Å²) in [6, 6.07) is 15.2. The van der Waals surface area contributed by atoms with Gasteiger partial charge in [0.2, 0.25) is 0 Å². The van der Waals surface area contributed by atoms with Crippen molar-refractivity contribution in [1.29, 1.82) is 0 Å². The zero-order valence-corrected chi connectivity index (χ0v) is 19.3. The highest BCUT2D eigenvalue weighted by atomic mass is 15.2. The smallest absolute Gasteiger partial charge is 0.124 e. The first-order valence-electron chi connectivity index (χ1n) is 12.9. The van der Waals surface area contributed by atoms with Crippen LogP contribution in [0.1, 0.15) is 60.7 Å². The largest absolute Gasteiger partial charge is 0.341 e. The highest BCUT2D eigenvalue weighted by molar-refractivity contribution is 5.88. The van der Waals surface area contributed by atoms with E-state index >= 15 is 0 Å². The van der Waals surface area contributed by atoms with E-state index in [1.165, 1.54) is 42.0 Å². The van der Waals surface area contributed by atoms with E-state index in [2.05, 4.69) is 73.8 Å². The second-order valence-corrected chi connectivity index (χ2v) is 11.4. The van der Waals surface area contributed by atoms with Crippen molar-refractivity contribution in [3.8, 4) is 23.1 Å². The first kappa shape index (κ1) is 18.9. The Morgan fingerprint density at radius 1 is 0.829 bits per heavy atom. The highest BCUT2D eigenvalue weighted by Crippen LogP contribution is 2.81. The molecule has 2 saturated heterocycles. The Labute approximate surface area is 203 Å². The van der Waals surface area contributed by atoms with Gasteiger partial charge in [0, 0.05) is 23.2 Å². The van der Waals surface area contributed by atoms with E-state index in [-0.39, 0.29) is 0 Å². The lowest BCUT2D eigenvalue weighted by atomic mass is 10.0. The molecule has 2 aromatic carbocycles. The van der Waals surface area contributed by atoms with Crippen molar-refractivity contribution in [3.63, 3.8) is 0 Å². The summed E-state index contributed by atoms with van der Waals surface area (Å²) in [5, 5.41) is 9.80. The van der Waals surface area contributed by atoms with Gasteiger partial charge in [-0.25, -0.2) is 9.97 Å². The van der Waals surface area contributed by atoms with Gasteiger partial charge in [-0.15, -0.1) is 0 Å². The summed E-state index contributed by atoms with van der Waals surface area (Å²) in [5.41, 5.74) is 4.78. The number of nitrogens with one attached hydrogen (secondary N) is 4. The number of nitrogens with zero attached hydrogens (tertiary/aromatic N) is 2. The first-order chi connectivity index (χ1) is 17.2. The zero-order chi connectivity index (χ0) is 22.7. The fourth-order valence-corrected chi connectivity index (χ4v) is 6.89. The summed E-state index contributed by atoms with van der Waals surface area (Å²) in [4.78, 5) is 16.2. The number of fused-ring (bicyclic) bond motifs is 3. The van der Waals surface area contributed by atoms with Crippen molar-refractivity contribution in [3.05, 3.63) is 71.7 Å². The van der Waals surface area contributed by atoms with Gasteiger partial charge in [0.05, 0.1) is 30.2 Å². The summed E-state index contributed by atoms with van der Waals surface area (Å²) in [6.45, 7) is 0. The van der Waals surface area contributed by atoms with E-state index in [9.17, 15) is 0 Å². The van der Waals surface area contributed by atoms with Crippen molar-refractivity contribution in [2.45, 2.75) is 49.9 Å². The molecule has 0 bridgehead atoms. The molecule has 3 aliphatic carbocycles. The molecule has 4 aromatic rings. The van der Waals surface area contributed by atoms with Crippen molar-refractivity contribution in [1.82, 2.24) is 30.6 Å². The maximum atomic E-state index is 4.71. The molecular formula is C29H26N6. The number of imidazole rings is 2. The van der Waals surface area contributed by atoms with Crippen LogP contribution in [0.3, 0.4) is 0 Å². The van der Waals surface area contributed by atoms with Gasteiger partial charge in [-0.3, -0.25) is 0 Å². The van der Waals surface area contributed by atoms with Crippen LogP contribution in [0.5, 0.6) is 0 Å². The van der Waals surface area contributed by atoms with Gasteiger partial charge >= 0.3 is 0 Å². The fourth-order valence-electron chi connectivity index (χ4n) is 6.89. The molecule has 4 N–H and O–H groups in total. The third-order valence-electron chi connectivity index (χ3n) is 9.28.